The average Bonchev–Trinajstić information content (AvgIpc) is 2.76. The van der Waals surface area contributed by atoms with Crippen LogP contribution in [-0.4, -0.2) is 40.1 Å². The van der Waals surface area contributed by atoms with E-state index >= 15 is 0 Å². The molecule has 2 rings (SSSR count). The van der Waals surface area contributed by atoms with Crippen molar-refractivity contribution in [2.45, 2.75) is 31.5 Å². The van der Waals surface area contributed by atoms with Crippen molar-refractivity contribution in [3.05, 3.63) is 71.8 Å². The minimum absolute atomic E-state index is 0.0831. The van der Waals surface area contributed by atoms with Crippen LogP contribution in [0.1, 0.15) is 35.3 Å². The Kier molecular flexibility index (Phi) is 8.08. The Morgan fingerprint density at radius 1 is 1.00 bits per heavy atom. The number of hydrogen-bond donors (Lipinski definition) is 4. The molecule has 2 aromatic rings. The number of hydrogen-bond acceptors (Lipinski definition) is 5. The Hall–Kier alpha value is -3.70. The zero-order chi connectivity index (χ0) is 22.1. The minimum atomic E-state index is -1.75. The van der Waals surface area contributed by atoms with E-state index in [1.165, 1.54) is 6.92 Å². The molecule has 4 atom stereocenters. The molecule has 156 valence electrons. The van der Waals surface area contributed by atoms with Gasteiger partial charge in [-0.3, -0.25) is 9.59 Å². The highest BCUT2D eigenvalue weighted by Gasteiger charge is 2.34. The lowest BCUT2D eigenvalue weighted by atomic mass is 9.96. The van der Waals surface area contributed by atoms with Gasteiger partial charge in [0.25, 0.3) is 11.8 Å². The van der Waals surface area contributed by atoms with Gasteiger partial charge in [-0.05, 0) is 17.7 Å². The van der Waals surface area contributed by atoms with Crippen LogP contribution in [0.25, 0.3) is 0 Å². The molecule has 0 aliphatic heterocycles. The first-order valence-electron chi connectivity index (χ1n) is 9.34. The number of carbonyl (C=O) groups is 3. The lowest BCUT2D eigenvalue weighted by Gasteiger charge is -2.26. The van der Waals surface area contributed by atoms with Crippen LogP contribution < -0.4 is 10.6 Å². The van der Waals surface area contributed by atoms with Crippen molar-refractivity contribution in [2.75, 3.05) is 0 Å². The molecule has 2 aromatic carbocycles. The highest BCUT2D eigenvalue weighted by molar-refractivity contribution is 5.95. The number of nitrogens with zero attached hydrogens (tertiary/aromatic N) is 1. The first kappa shape index (κ1) is 22.6. The third-order valence-electron chi connectivity index (χ3n) is 4.61. The van der Waals surface area contributed by atoms with Crippen LogP contribution in [0.3, 0.4) is 0 Å². The van der Waals surface area contributed by atoms with Crippen LogP contribution in [0.4, 0.5) is 0 Å². The number of aliphatic hydroxyl groups excluding tert-OH is 1. The third-order valence-corrected chi connectivity index (χ3v) is 4.61. The molecule has 4 N–H and O–H groups in total. The molecule has 0 unspecified atom stereocenters. The zero-order valence-electron chi connectivity index (χ0n) is 16.4. The van der Waals surface area contributed by atoms with Crippen molar-refractivity contribution >= 4 is 17.8 Å². The largest absolute Gasteiger partial charge is 0.480 e. The van der Waals surface area contributed by atoms with Crippen molar-refractivity contribution < 1.29 is 24.6 Å². The molecule has 0 bridgehead atoms. The topological polar surface area (TPSA) is 140 Å². The van der Waals surface area contributed by atoms with E-state index in [0.29, 0.717) is 11.1 Å². The summed E-state index contributed by atoms with van der Waals surface area (Å²) in [6, 6.07) is 16.1. The van der Waals surface area contributed by atoms with Gasteiger partial charge in [-0.2, -0.15) is 5.26 Å². The second kappa shape index (κ2) is 10.7. The van der Waals surface area contributed by atoms with Gasteiger partial charge < -0.3 is 20.8 Å². The Morgan fingerprint density at radius 2 is 1.57 bits per heavy atom. The minimum Gasteiger partial charge on any atom is -0.480 e. The van der Waals surface area contributed by atoms with Crippen LogP contribution in [0, 0.1) is 17.2 Å². The van der Waals surface area contributed by atoms with Gasteiger partial charge in [-0.15, -0.1) is 0 Å². The number of benzene rings is 2. The summed E-state index contributed by atoms with van der Waals surface area (Å²) in [4.78, 5) is 36.7. The standard InChI is InChI=1S/C22H23N3O5/c1-14(12-13-23)17(22(29)30)24-21(28)19(26)18(15-8-4-2-5-9-15)25-20(27)16-10-6-3-7-11-16/h2-11,14,17-19,26H,12H2,1H3,(H,24,28)(H,25,27)(H,29,30)/t14-,17+,18+,19-/m1/s1. The summed E-state index contributed by atoms with van der Waals surface area (Å²) in [6.45, 7) is 1.51. The number of nitrogens with one attached hydrogen (secondary N) is 2. The maximum Gasteiger partial charge on any atom is 0.326 e. The average molecular weight is 409 g/mol. The number of carbonyl (C=O) groups excluding carboxylic acids is 2. The summed E-state index contributed by atoms with van der Waals surface area (Å²) in [7, 11) is 0. The van der Waals surface area contributed by atoms with E-state index in [2.05, 4.69) is 10.6 Å². The monoisotopic (exact) mass is 409 g/mol. The summed E-state index contributed by atoms with van der Waals surface area (Å²) in [6.07, 6.45) is -1.84. The van der Waals surface area contributed by atoms with Crippen LogP contribution in [0.5, 0.6) is 0 Å². The van der Waals surface area contributed by atoms with Crippen molar-refractivity contribution in [1.82, 2.24) is 10.6 Å². The van der Waals surface area contributed by atoms with Gasteiger partial charge in [-0.25, -0.2) is 4.79 Å². The number of carboxylic acids is 1. The van der Waals surface area contributed by atoms with Crippen LogP contribution in [-0.2, 0) is 9.59 Å². The highest BCUT2D eigenvalue weighted by Crippen LogP contribution is 2.19. The number of carboxylic acid groups (broad SMARTS) is 1. The molecule has 0 aliphatic carbocycles. The lowest BCUT2D eigenvalue weighted by molar-refractivity contribution is -0.145. The van der Waals surface area contributed by atoms with E-state index in [0.717, 1.165) is 0 Å². The van der Waals surface area contributed by atoms with E-state index in [9.17, 15) is 24.6 Å². The van der Waals surface area contributed by atoms with Gasteiger partial charge in [0.1, 0.15) is 6.04 Å². The van der Waals surface area contributed by atoms with Crippen LogP contribution in [0.2, 0.25) is 0 Å². The second-order valence-corrected chi connectivity index (χ2v) is 6.84. The molecular formula is C22H23N3O5. The second-order valence-electron chi connectivity index (χ2n) is 6.84. The fourth-order valence-corrected chi connectivity index (χ4v) is 2.92. The van der Waals surface area contributed by atoms with E-state index in [1.807, 2.05) is 6.07 Å². The predicted octanol–water partition coefficient (Wildman–Crippen LogP) is 1.64. The van der Waals surface area contributed by atoms with Crippen molar-refractivity contribution in [2.24, 2.45) is 5.92 Å². The van der Waals surface area contributed by atoms with Gasteiger partial charge in [0.15, 0.2) is 6.10 Å². The fraction of sp³-hybridized carbons (Fsp3) is 0.273. The normalized spacial score (nSPS) is 14.4. The fourth-order valence-electron chi connectivity index (χ4n) is 2.92. The van der Waals surface area contributed by atoms with Crippen molar-refractivity contribution in [1.29, 1.82) is 5.26 Å². The van der Waals surface area contributed by atoms with Crippen molar-refractivity contribution in [3.63, 3.8) is 0 Å². The molecule has 0 heterocycles. The first-order chi connectivity index (χ1) is 14.3. The van der Waals surface area contributed by atoms with E-state index < -0.39 is 41.9 Å². The first-order valence-corrected chi connectivity index (χ1v) is 9.34. The van der Waals surface area contributed by atoms with Gasteiger partial charge >= 0.3 is 5.97 Å². The molecule has 0 saturated carbocycles. The highest BCUT2D eigenvalue weighted by atomic mass is 16.4. The zero-order valence-corrected chi connectivity index (χ0v) is 16.4. The number of rotatable bonds is 9. The maximum absolute atomic E-state index is 12.6. The van der Waals surface area contributed by atoms with Crippen LogP contribution >= 0.6 is 0 Å². The van der Waals surface area contributed by atoms with E-state index in [1.54, 1.807) is 60.7 Å². The molecule has 0 aliphatic rings. The predicted molar refractivity (Wildman–Crippen MR) is 108 cm³/mol. The quantitative estimate of drug-likeness (QED) is 0.496. The molecule has 8 heteroatoms. The van der Waals surface area contributed by atoms with Gasteiger partial charge in [0.2, 0.25) is 0 Å². The van der Waals surface area contributed by atoms with E-state index in [4.69, 9.17) is 5.26 Å². The summed E-state index contributed by atoms with van der Waals surface area (Å²) in [5.41, 5.74) is 0.818. The Bertz CT molecular complexity index is 911. The molecule has 8 nitrogen and oxygen atoms in total. The SMILES string of the molecule is C[C@H](CC#N)[C@H](NC(=O)[C@H](O)[C@@H](NC(=O)c1ccccc1)c1ccccc1)C(=O)O. The molecule has 0 fully saturated rings. The Morgan fingerprint density at radius 3 is 2.10 bits per heavy atom. The maximum atomic E-state index is 12.6. The van der Waals surface area contributed by atoms with Gasteiger partial charge in [0.05, 0.1) is 12.1 Å². The number of aliphatic carboxylic acids is 1. The Balaban J connectivity index is 2.24. The summed E-state index contributed by atoms with van der Waals surface area (Å²) in [5, 5.41) is 33.8. The Labute approximate surface area is 174 Å². The number of aliphatic hydroxyl groups is 1. The third kappa shape index (κ3) is 5.90. The van der Waals surface area contributed by atoms with Gasteiger partial charge in [0, 0.05) is 17.9 Å². The lowest BCUT2D eigenvalue weighted by Crippen LogP contribution is -2.52. The van der Waals surface area contributed by atoms with Crippen molar-refractivity contribution in [3.8, 4) is 6.07 Å². The molecule has 0 aromatic heterocycles. The molecule has 0 radical (unpaired) electrons. The molecule has 30 heavy (non-hydrogen) atoms. The molecular weight excluding hydrogens is 386 g/mol. The molecule has 0 saturated heterocycles. The molecule has 2 amide bonds. The number of amides is 2. The molecule has 0 spiro atoms. The summed E-state index contributed by atoms with van der Waals surface area (Å²) < 4.78 is 0. The summed E-state index contributed by atoms with van der Waals surface area (Å²) >= 11 is 0. The summed E-state index contributed by atoms with van der Waals surface area (Å²) in [5.74, 6) is -3.45. The number of nitriles is 1. The van der Waals surface area contributed by atoms with Crippen LogP contribution in [0.15, 0.2) is 60.7 Å². The smallest absolute Gasteiger partial charge is 0.326 e. The van der Waals surface area contributed by atoms with Gasteiger partial charge in [-0.1, -0.05) is 55.5 Å². The van der Waals surface area contributed by atoms with E-state index in [-0.39, 0.29) is 6.42 Å².